The van der Waals surface area contributed by atoms with E-state index in [2.05, 4.69) is 15.3 Å². The van der Waals surface area contributed by atoms with Crippen molar-refractivity contribution in [3.05, 3.63) is 65.4 Å². The van der Waals surface area contributed by atoms with Gasteiger partial charge in [0, 0.05) is 19.3 Å². The van der Waals surface area contributed by atoms with Gasteiger partial charge in [-0.05, 0) is 47.9 Å². The summed E-state index contributed by atoms with van der Waals surface area (Å²) in [7, 11) is 3.23. The van der Waals surface area contributed by atoms with Crippen LogP contribution in [0.25, 0.3) is 0 Å². The van der Waals surface area contributed by atoms with Gasteiger partial charge in [-0.1, -0.05) is 0 Å². The van der Waals surface area contributed by atoms with Gasteiger partial charge in [0.2, 0.25) is 5.95 Å². The Morgan fingerprint density at radius 3 is 2.72 bits per heavy atom. The summed E-state index contributed by atoms with van der Waals surface area (Å²) in [5, 5.41) is 3.07. The largest absolute Gasteiger partial charge is 0.493 e. The summed E-state index contributed by atoms with van der Waals surface area (Å²) in [6.07, 6.45) is 3.93. The number of ether oxygens (including phenoxy) is 2. The number of rotatable bonds is 6. The van der Waals surface area contributed by atoms with E-state index in [9.17, 15) is 4.79 Å². The van der Waals surface area contributed by atoms with Crippen LogP contribution in [0.15, 0.2) is 47.2 Å². The number of carbonyl (C=O) groups excluding carboxylic acids is 1. The fraction of sp³-hybridized carbons (Fsp3) is 0.286. The summed E-state index contributed by atoms with van der Waals surface area (Å²) in [5.74, 6) is 2.38. The van der Waals surface area contributed by atoms with E-state index in [0.29, 0.717) is 42.8 Å². The summed E-state index contributed by atoms with van der Waals surface area (Å²) in [4.78, 5) is 23.3. The number of furan rings is 1. The van der Waals surface area contributed by atoms with Gasteiger partial charge in [0.25, 0.3) is 5.91 Å². The third kappa shape index (κ3) is 4.01. The number of nitrogens with zero attached hydrogens (tertiary/aromatic N) is 3. The fourth-order valence-corrected chi connectivity index (χ4v) is 3.36. The highest BCUT2D eigenvalue weighted by molar-refractivity contribution is 5.92. The van der Waals surface area contributed by atoms with E-state index in [-0.39, 0.29) is 5.91 Å². The molecule has 1 aliphatic heterocycles. The number of hydrogen-bond acceptors (Lipinski definition) is 7. The van der Waals surface area contributed by atoms with Crippen LogP contribution in [0.4, 0.5) is 5.95 Å². The Kier molecular flexibility index (Phi) is 5.33. The predicted octanol–water partition coefficient (Wildman–Crippen LogP) is 2.90. The van der Waals surface area contributed by atoms with Crippen molar-refractivity contribution in [3.63, 3.8) is 0 Å². The summed E-state index contributed by atoms with van der Waals surface area (Å²) in [6, 6.07) is 9.22. The van der Waals surface area contributed by atoms with E-state index < -0.39 is 0 Å². The van der Waals surface area contributed by atoms with Gasteiger partial charge in [-0.15, -0.1) is 0 Å². The Balaban J connectivity index is 1.48. The molecule has 150 valence electrons. The van der Waals surface area contributed by atoms with Crippen LogP contribution in [-0.2, 0) is 19.5 Å². The molecule has 8 nitrogen and oxygen atoms in total. The lowest BCUT2D eigenvalue weighted by molar-refractivity contribution is 0.0728. The zero-order chi connectivity index (χ0) is 20.2. The second-order valence-corrected chi connectivity index (χ2v) is 6.65. The maximum Gasteiger partial charge on any atom is 0.272 e. The zero-order valence-electron chi connectivity index (χ0n) is 16.3. The predicted molar refractivity (Wildman–Crippen MR) is 106 cm³/mol. The van der Waals surface area contributed by atoms with Crippen LogP contribution in [0, 0.1) is 0 Å². The quantitative estimate of drug-likeness (QED) is 0.687. The number of benzene rings is 1. The van der Waals surface area contributed by atoms with Gasteiger partial charge in [0.15, 0.2) is 11.5 Å². The van der Waals surface area contributed by atoms with E-state index in [1.807, 2.05) is 24.3 Å². The van der Waals surface area contributed by atoms with Crippen LogP contribution in [0.3, 0.4) is 0 Å². The summed E-state index contributed by atoms with van der Waals surface area (Å²) >= 11 is 0. The smallest absolute Gasteiger partial charge is 0.272 e. The number of methoxy groups -OCH3 is 2. The van der Waals surface area contributed by atoms with E-state index >= 15 is 0 Å². The van der Waals surface area contributed by atoms with Gasteiger partial charge in [0.05, 0.1) is 27.0 Å². The molecule has 0 unspecified atom stereocenters. The van der Waals surface area contributed by atoms with Crippen LogP contribution in [-0.4, -0.2) is 41.5 Å². The molecule has 0 saturated carbocycles. The van der Waals surface area contributed by atoms with Gasteiger partial charge in [0.1, 0.15) is 11.5 Å². The Bertz CT molecular complexity index is 1000. The molecule has 4 rings (SSSR count). The second kappa shape index (κ2) is 8.22. The average molecular weight is 394 g/mol. The van der Waals surface area contributed by atoms with Gasteiger partial charge >= 0.3 is 0 Å². The molecule has 0 fully saturated rings. The number of hydrogen-bond donors (Lipinski definition) is 1. The standard InChI is InChI=1S/C21H22N4O4/c1-27-18-10-14-6-8-25(13-15(14)11-19(18)28-2)20(26)17-5-7-22-21(24-17)23-12-16-4-3-9-29-16/h3-5,7,9-11H,6,8,12-13H2,1-2H3,(H,22,23,24). The average Bonchev–Trinajstić information content (AvgIpc) is 3.29. The summed E-state index contributed by atoms with van der Waals surface area (Å²) in [5.41, 5.74) is 2.56. The molecular weight excluding hydrogens is 372 g/mol. The molecule has 1 aliphatic rings. The van der Waals surface area contributed by atoms with Crippen molar-refractivity contribution in [2.75, 3.05) is 26.1 Å². The number of carbonyl (C=O) groups is 1. The molecule has 2 aromatic heterocycles. The molecule has 1 aromatic carbocycles. The molecule has 3 heterocycles. The summed E-state index contributed by atoms with van der Waals surface area (Å²) < 4.78 is 16.0. The van der Waals surface area contributed by atoms with Gasteiger partial charge in [-0.25, -0.2) is 9.97 Å². The number of fused-ring (bicyclic) bond motifs is 1. The molecule has 29 heavy (non-hydrogen) atoms. The molecule has 8 heteroatoms. The maximum atomic E-state index is 13.0. The van der Waals surface area contributed by atoms with Crippen molar-refractivity contribution >= 4 is 11.9 Å². The molecule has 0 atom stereocenters. The van der Waals surface area contributed by atoms with E-state index in [0.717, 1.165) is 23.3 Å². The highest BCUT2D eigenvalue weighted by Gasteiger charge is 2.24. The van der Waals surface area contributed by atoms with Crippen LogP contribution in [0.2, 0.25) is 0 Å². The van der Waals surface area contributed by atoms with Crippen molar-refractivity contribution in [2.45, 2.75) is 19.5 Å². The van der Waals surface area contributed by atoms with Crippen molar-refractivity contribution in [1.29, 1.82) is 0 Å². The third-order valence-electron chi connectivity index (χ3n) is 4.88. The Hall–Kier alpha value is -3.55. The molecule has 0 bridgehead atoms. The number of anilines is 1. The first-order chi connectivity index (χ1) is 14.2. The fourth-order valence-electron chi connectivity index (χ4n) is 3.36. The molecule has 0 aliphatic carbocycles. The first-order valence-electron chi connectivity index (χ1n) is 9.30. The topological polar surface area (TPSA) is 89.7 Å². The van der Waals surface area contributed by atoms with Crippen molar-refractivity contribution < 1.29 is 18.7 Å². The highest BCUT2D eigenvalue weighted by atomic mass is 16.5. The zero-order valence-corrected chi connectivity index (χ0v) is 16.3. The SMILES string of the molecule is COc1cc2c(cc1OC)CN(C(=O)c1ccnc(NCc3ccco3)n1)CC2. The number of nitrogens with one attached hydrogen (secondary N) is 1. The molecule has 1 amide bonds. The monoisotopic (exact) mass is 394 g/mol. The first kappa shape index (κ1) is 18.8. The lowest BCUT2D eigenvalue weighted by atomic mass is 9.98. The van der Waals surface area contributed by atoms with Gasteiger partial charge in [-0.2, -0.15) is 0 Å². The Morgan fingerprint density at radius 2 is 2.00 bits per heavy atom. The molecule has 3 aromatic rings. The second-order valence-electron chi connectivity index (χ2n) is 6.65. The van der Waals surface area contributed by atoms with Gasteiger partial charge < -0.3 is 24.1 Å². The molecule has 0 radical (unpaired) electrons. The normalized spacial score (nSPS) is 13.0. The van der Waals surface area contributed by atoms with Crippen molar-refractivity contribution in [1.82, 2.24) is 14.9 Å². The first-order valence-corrected chi connectivity index (χ1v) is 9.30. The lowest BCUT2D eigenvalue weighted by Crippen LogP contribution is -2.36. The minimum absolute atomic E-state index is 0.131. The van der Waals surface area contributed by atoms with Crippen LogP contribution in [0.1, 0.15) is 27.4 Å². The highest BCUT2D eigenvalue weighted by Crippen LogP contribution is 2.33. The molecule has 0 saturated heterocycles. The summed E-state index contributed by atoms with van der Waals surface area (Å²) in [6.45, 7) is 1.55. The number of aromatic nitrogens is 2. The van der Waals surface area contributed by atoms with E-state index in [1.54, 1.807) is 37.6 Å². The Labute approximate surface area is 168 Å². The lowest BCUT2D eigenvalue weighted by Gasteiger charge is -2.29. The molecule has 0 spiro atoms. The van der Waals surface area contributed by atoms with E-state index in [1.165, 1.54) is 0 Å². The van der Waals surface area contributed by atoms with Crippen LogP contribution in [0.5, 0.6) is 11.5 Å². The van der Waals surface area contributed by atoms with E-state index in [4.69, 9.17) is 13.9 Å². The van der Waals surface area contributed by atoms with Crippen LogP contribution < -0.4 is 14.8 Å². The molecule has 1 N–H and O–H groups in total. The van der Waals surface area contributed by atoms with Crippen molar-refractivity contribution in [3.8, 4) is 11.5 Å². The minimum Gasteiger partial charge on any atom is -0.493 e. The number of amides is 1. The maximum absolute atomic E-state index is 13.0. The van der Waals surface area contributed by atoms with Gasteiger partial charge in [-0.3, -0.25) is 4.79 Å². The molecular formula is C21H22N4O4. The Morgan fingerprint density at radius 1 is 1.21 bits per heavy atom. The van der Waals surface area contributed by atoms with Crippen LogP contribution >= 0.6 is 0 Å². The van der Waals surface area contributed by atoms with Crippen molar-refractivity contribution in [2.24, 2.45) is 0 Å². The minimum atomic E-state index is -0.131. The third-order valence-corrected chi connectivity index (χ3v) is 4.88.